The maximum Gasteiger partial charge on any atom is 0.251 e. The Labute approximate surface area is 122 Å². The summed E-state index contributed by atoms with van der Waals surface area (Å²) in [6, 6.07) is 10.4. The Balaban J connectivity index is 1.71. The smallest absolute Gasteiger partial charge is 0.251 e. The van der Waals surface area contributed by atoms with Crippen LogP contribution in [0.5, 0.6) is 0 Å². The largest absolute Gasteiger partial charge is 0.300 e. The molecule has 21 heavy (non-hydrogen) atoms. The molecule has 2 aromatic rings. The molecule has 0 saturated carbocycles. The second kappa shape index (κ2) is 5.49. The van der Waals surface area contributed by atoms with Crippen molar-refractivity contribution in [3.8, 4) is 0 Å². The summed E-state index contributed by atoms with van der Waals surface area (Å²) in [7, 11) is 1.84. The van der Waals surface area contributed by atoms with Crippen LogP contribution in [0.15, 0.2) is 42.6 Å². The van der Waals surface area contributed by atoms with E-state index in [1.54, 1.807) is 23.0 Å². The van der Waals surface area contributed by atoms with Crippen LogP contribution in [0.25, 0.3) is 0 Å². The van der Waals surface area contributed by atoms with Crippen LogP contribution in [-0.4, -0.2) is 27.6 Å². The molecular formula is C15H16N4O2. The Bertz CT molecular complexity index is 665. The van der Waals surface area contributed by atoms with Crippen LogP contribution in [0.2, 0.25) is 0 Å². The molecule has 3 rings (SSSR count). The number of carbonyl (C=O) groups is 2. The Morgan fingerprint density at radius 3 is 2.67 bits per heavy atom. The van der Waals surface area contributed by atoms with Gasteiger partial charge in [0.1, 0.15) is 0 Å². The van der Waals surface area contributed by atoms with E-state index in [9.17, 15) is 9.59 Å². The van der Waals surface area contributed by atoms with Gasteiger partial charge in [-0.05, 0) is 18.2 Å². The summed E-state index contributed by atoms with van der Waals surface area (Å²) in [5.74, 6) is -0.373. The van der Waals surface area contributed by atoms with E-state index in [1.807, 2.05) is 31.3 Å². The van der Waals surface area contributed by atoms with Crippen molar-refractivity contribution in [2.24, 2.45) is 7.05 Å². The molecule has 1 fully saturated rings. The molecular weight excluding hydrogens is 268 g/mol. The Hall–Kier alpha value is -2.47. The van der Waals surface area contributed by atoms with Crippen molar-refractivity contribution in [1.29, 1.82) is 0 Å². The van der Waals surface area contributed by atoms with Gasteiger partial charge >= 0.3 is 0 Å². The molecule has 1 aliphatic rings. The summed E-state index contributed by atoms with van der Waals surface area (Å²) in [5, 5.41) is 7.20. The maximum absolute atomic E-state index is 12.4. The molecule has 0 spiro atoms. The minimum Gasteiger partial charge on any atom is -0.300 e. The van der Waals surface area contributed by atoms with E-state index in [-0.39, 0.29) is 18.2 Å². The number of para-hydroxylation sites is 1. The van der Waals surface area contributed by atoms with Crippen LogP contribution in [0, 0.1) is 0 Å². The molecule has 0 radical (unpaired) electrons. The number of hydrogen-bond donors (Lipinski definition) is 1. The number of nitrogens with one attached hydrogen (secondary N) is 1. The molecule has 1 aliphatic heterocycles. The molecule has 6 nitrogen and oxygen atoms in total. The van der Waals surface area contributed by atoms with E-state index < -0.39 is 6.04 Å². The van der Waals surface area contributed by atoms with Crippen LogP contribution in [0.4, 0.5) is 5.69 Å². The minimum absolute atomic E-state index is 0.172. The highest BCUT2D eigenvalue weighted by molar-refractivity contribution is 6.22. The van der Waals surface area contributed by atoms with Crippen molar-refractivity contribution in [1.82, 2.24) is 15.1 Å². The van der Waals surface area contributed by atoms with Gasteiger partial charge in [0.05, 0.1) is 23.8 Å². The number of imide groups is 1. The third-order valence-electron chi connectivity index (χ3n) is 3.61. The van der Waals surface area contributed by atoms with Gasteiger partial charge in [0.2, 0.25) is 5.91 Å². The molecule has 1 aromatic carbocycles. The van der Waals surface area contributed by atoms with E-state index in [1.165, 1.54) is 4.90 Å². The number of carbonyl (C=O) groups excluding carboxylic acids is 2. The molecule has 0 bridgehead atoms. The Kier molecular flexibility index (Phi) is 3.53. The second-order valence-electron chi connectivity index (χ2n) is 4.99. The molecule has 2 amide bonds. The van der Waals surface area contributed by atoms with Gasteiger partial charge < -0.3 is 0 Å². The van der Waals surface area contributed by atoms with E-state index >= 15 is 0 Å². The van der Waals surface area contributed by atoms with E-state index in [2.05, 4.69) is 10.4 Å². The van der Waals surface area contributed by atoms with Gasteiger partial charge in [0, 0.05) is 19.8 Å². The molecule has 1 aromatic heterocycles. The lowest BCUT2D eigenvalue weighted by molar-refractivity contribution is -0.121. The van der Waals surface area contributed by atoms with Gasteiger partial charge in [0.15, 0.2) is 0 Å². The minimum atomic E-state index is -0.479. The van der Waals surface area contributed by atoms with Crippen molar-refractivity contribution in [2.45, 2.75) is 19.0 Å². The van der Waals surface area contributed by atoms with Gasteiger partial charge in [-0.15, -0.1) is 0 Å². The molecule has 6 heteroatoms. The SMILES string of the molecule is Cn1nccc1CNC1CC(=O)N(c2ccccc2)C1=O. The highest BCUT2D eigenvalue weighted by Crippen LogP contribution is 2.22. The van der Waals surface area contributed by atoms with E-state index in [0.29, 0.717) is 12.2 Å². The van der Waals surface area contributed by atoms with Crippen LogP contribution < -0.4 is 10.2 Å². The lowest BCUT2D eigenvalue weighted by Crippen LogP contribution is -2.38. The van der Waals surface area contributed by atoms with Crippen LogP contribution in [-0.2, 0) is 23.2 Å². The number of amides is 2. The molecule has 2 heterocycles. The van der Waals surface area contributed by atoms with Crippen LogP contribution >= 0.6 is 0 Å². The molecule has 1 saturated heterocycles. The zero-order chi connectivity index (χ0) is 14.8. The highest BCUT2D eigenvalue weighted by Gasteiger charge is 2.39. The highest BCUT2D eigenvalue weighted by atomic mass is 16.2. The van der Waals surface area contributed by atoms with Gasteiger partial charge in [-0.25, -0.2) is 4.90 Å². The number of hydrogen-bond acceptors (Lipinski definition) is 4. The molecule has 0 aliphatic carbocycles. The number of nitrogens with zero attached hydrogens (tertiary/aromatic N) is 3. The number of aryl methyl sites for hydroxylation is 1. The predicted molar refractivity (Wildman–Crippen MR) is 77.4 cm³/mol. The molecule has 1 atom stereocenters. The Morgan fingerprint density at radius 1 is 1.24 bits per heavy atom. The summed E-state index contributed by atoms with van der Waals surface area (Å²) >= 11 is 0. The lowest BCUT2D eigenvalue weighted by atomic mass is 10.2. The number of benzene rings is 1. The zero-order valence-electron chi connectivity index (χ0n) is 11.7. The maximum atomic E-state index is 12.4. The summed E-state index contributed by atoms with van der Waals surface area (Å²) in [6.45, 7) is 0.503. The monoisotopic (exact) mass is 284 g/mol. The van der Waals surface area contributed by atoms with Gasteiger partial charge in [-0.1, -0.05) is 18.2 Å². The first kappa shape index (κ1) is 13.5. The third-order valence-corrected chi connectivity index (χ3v) is 3.61. The first-order valence-corrected chi connectivity index (χ1v) is 6.79. The number of anilines is 1. The van der Waals surface area contributed by atoms with Crippen molar-refractivity contribution >= 4 is 17.5 Å². The Morgan fingerprint density at radius 2 is 2.00 bits per heavy atom. The van der Waals surface area contributed by atoms with Gasteiger partial charge in [0.25, 0.3) is 5.91 Å². The average Bonchev–Trinajstić information content (AvgIpc) is 3.01. The zero-order valence-corrected chi connectivity index (χ0v) is 11.7. The van der Waals surface area contributed by atoms with E-state index in [4.69, 9.17) is 0 Å². The predicted octanol–water partition coefficient (Wildman–Crippen LogP) is 0.842. The van der Waals surface area contributed by atoms with Crippen molar-refractivity contribution in [2.75, 3.05) is 4.90 Å². The normalized spacial score (nSPS) is 18.5. The van der Waals surface area contributed by atoms with Gasteiger partial charge in [-0.2, -0.15) is 5.10 Å². The topological polar surface area (TPSA) is 67.2 Å². The second-order valence-corrected chi connectivity index (χ2v) is 4.99. The summed E-state index contributed by atoms with van der Waals surface area (Å²) < 4.78 is 1.74. The van der Waals surface area contributed by atoms with Crippen molar-refractivity contribution in [3.63, 3.8) is 0 Å². The fourth-order valence-corrected chi connectivity index (χ4v) is 2.44. The van der Waals surface area contributed by atoms with Crippen LogP contribution in [0.3, 0.4) is 0 Å². The van der Waals surface area contributed by atoms with Crippen LogP contribution in [0.1, 0.15) is 12.1 Å². The van der Waals surface area contributed by atoms with Crippen molar-refractivity contribution < 1.29 is 9.59 Å². The molecule has 1 unspecified atom stereocenters. The first-order valence-electron chi connectivity index (χ1n) is 6.79. The van der Waals surface area contributed by atoms with E-state index in [0.717, 1.165) is 5.69 Å². The molecule has 1 N–H and O–H groups in total. The molecule has 108 valence electrons. The average molecular weight is 284 g/mol. The number of aromatic nitrogens is 2. The quantitative estimate of drug-likeness (QED) is 0.845. The first-order chi connectivity index (χ1) is 10.2. The lowest BCUT2D eigenvalue weighted by Gasteiger charge is -2.15. The third kappa shape index (κ3) is 2.57. The number of rotatable bonds is 4. The van der Waals surface area contributed by atoms with Gasteiger partial charge in [-0.3, -0.25) is 19.6 Å². The fraction of sp³-hybridized carbons (Fsp3) is 0.267. The summed E-state index contributed by atoms with van der Waals surface area (Å²) in [5.41, 5.74) is 1.59. The fourth-order valence-electron chi connectivity index (χ4n) is 2.44. The van der Waals surface area contributed by atoms with Crippen molar-refractivity contribution in [3.05, 3.63) is 48.3 Å². The summed E-state index contributed by atoms with van der Waals surface area (Å²) in [4.78, 5) is 25.7. The summed E-state index contributed by atoms with van der Waals surface area (Å²) in [6.07, 6.45) is 1.89. The standard InChI is InChI=1S/C15H16N4O2/c1-18-12(7-8-17-18)10-16-13-9-14(20)19(15(13)21)11-5-3-2-4-6-11/h2-8,13,16H,9-10H2,1H3.